The van der Waals surface area contributed by atoms with E-state index in [2.05, 4.69) is 30.2 Å². The molecule has 1 aromatic carbocycles. The van der Waals surface area contributed by atoms with Crippen molar-refractivity contribution in [1.82, 2.24) is 10.3 Å². The number of ether oxygens (including phenoxy) is 1. The van der Waals surface area contributed by atoms with Crippen LogP contribution in [0.2, 0.25) is 5.02 Å². The van der Waals surface area contributed by atoms with Gasteiger partial charge in [-0.1, -0.05) is 36.7 Å². The summed E-state index contributed by atoms with van der Waals surface area (Å²) in [6, 6.07) is 10.2. The Hall–Kier alpha value is -1.58. The molecule has 0 bridgehead atoms. The van der Waals surface area contributed by atoms with E-state index in [1.165, 1.54) is 0 Å². The molecule has 3 nitrogen and oxygen atoms in total. The second-order valence-electron chi connectivity index (χ2n) is 4.57. The van der Waals surface area contributed by atoms with Crippen LogP contribution in [0, 0.1) is 0 Å². The summed E-state index contributed by atoms with van der Waals surface area (Å²) in [5, 5.41) is 4.03. The zero-order valence-corrected chi connectivity index (χ0v) is 12.5. The fourth-order valence-electron chi connectivity index (χ4n) is 2.06. The van der Waals surface area contributed by atoms with Crippen molar-refractivity contribution in [3.63, 3.8) is 0 Å². The minimum atomic E-state index is 0.254. The SMILES string of the molecule is CCNC(C)c1ccccc1OCc1ccncc1Cl. The van der Waals surface area contributed by atoms with Gasteiger partial charge >= 0.3 is 0 Å². The topological polar surface area (TPSA) is 34.1 Å². The molecule has 1 unspecified atom stereocenters. The standard InChI is InChI=1S/C16H19ClN2O/c1-3-19-12(2)14-6-4-5-7-16(14)20-11-13-8-9-18-10-15(13)17/h4-10,12,19H,3,11H2,1-2H3. The van der Waals surface area contributed by atoms with Crippen LogP contribution in [-0.4, -0.2) is 11.5 Å². The van der Waals surface area contributed by atoms with Gasteiger partial charge in [0.25, 0.3) is 0 Å². The number of para-hydroxylation sites is 1. The van der Waals surface area contributed by atoms with Gasteiger partial charge < -0.3 is 10.1 Å². The maximum atomic E-state index is 6.09. The summed E-state index contributed by atoms with van der Waals surface area (Å²) in [6.07, 6.45) is 3.35. The van der Waals surface area contributed by atoms with E-state index in [9.17, 15) is 0 Å². The van der Waals surface area contributed by atoms with Gasteiger partial charge in [-0.15, -0.1) is 0 Å². The molecular weight excluding hydrogens is 272 g/mol. The highest BCUT2D eigenvalue weighted by molar-refractivity contribution is 6.31. The molecule has 1 N–H and O–H groups in total. The Morgan fingerprint density at radius 3 is 2.85 bits per heavy atom. The van der Waals surface area contributed by atoms with E-state index in [-0.39, 0.29) is 6.04 Å². The quantitative estimate of drug-likeness (QED) is 0.873. The molecular formula is C16H19ClN2O. The van der Waals surface area contributed by atoms with Crippen LogP contribution in [0.5, 0.6) is 5.75 Å². The number of hydrogen-bond donors (Lipinski definition) is 1. The number of halogens is 1. The van der Waals surface area contributed by atoms with E-state index in [1.54, 1.807) is 12.4 Å². The molecule has 20 heavy (non-hydrogen) atoms. The lowest BCUT2D eigenvalue weighted by Crippen LogP contribution is -2.18. The third-order valence-corrected chi connectivity index (χ3v) is 3.48. The molecule has 0 saturated heterocycles. The molecule has 0 aliphatic carbocycles. The van der Waals surface area contributed by atoms with Crippen molar-refractivity contribution < 1.29 is 4.74 Å². The van der Waals surface area contributed by atoms with Crippen LogP contribution in [0.1, 0.15) is 31.0 Å². The summed E-state index contributed by atoms with van der Waals surface area (Å²) in [4.78, 5) is 3.97. The first-order valence-corrected chi connectivity index (χ1v) is 7.13. The van der Waals surface area contributed by atoms with Crippen LogP contribution in [0.25, 0.3) is 0 Å². The monoisotopic (exact) mass is 290 g/mol. The highest BCUT2D eigenvalue weighted by Crippen LogP contribution is 2.26. The largest absolute Gasteiger partial charge is 0.489 e. The second-order valence-corrected chi connectivity index (χ2v) is 4.98. The highest BCUT2D eigenvalue weighted by atomic mass is 35.5. The number of rotatable bonds is 6. The molecule has 1 atom stereocenters. The zero-order valence-electron chi connectivity index (χ0n) is 11.8. The predicted molar refractivity (Wildman–Crippen MR) is 82.1 cm³/mol. The molecule has 0 fully saturated rings. The summed E-state index contributed by atoms with van der Waals surface area (Å²) in [6.45, 7) is 5.59. The van der Waals surface area contributed by atoms with Crippen LogP contribution in [0.4, 0.5) is 0 Å². The van der Waals surface area contributed by atoms with Gasteiger partial charge in [-0.25, -0.2) is 0 Å². The number of nitrogens with zero attached hydrogens (tertiary/aromatic N) is 1. The van der Waals surface area contributed by atoms with Crippen molar-refractivity contribution in [1.29, 1.82) is 0 Å². The average molecular weight is 291 g/mol. The van der Waals surface area contributed by atoms with Crippen molar-refractivity contribution >= 4 is 11.6 Å². The van der Waals surface area contributed by atoms with Crippen LogP contribution < -0.4 is 10.1 Å². The summed E-state index contributed by atoms with van der Waals surface area (Å²) < 4.78 is 5.92. The lowest BCUT2D eigenvalue weighted by molar-refractivity contribution is 0.300. The minimum absolute atomic E-state index is 0.254. The normalized spacial score (nSPS) is 12.2. The van der Waals surface area contributed by atoms with Crippen molar-refractivity contribution in [2.24, 2.45) is 0 Å². The molecule has 106 valence electrons. The van der Waals surface area contributed by atoms with Gasteiger partial charge in [0.2, 0.25) is 0 Å². The highest BCUT2D eigenvalue weighted by Gasteiger charge is 2.10. The van der Waals surface area contributed by atoms with Gasteiger partial charge in [0.1, 0.15) is 12.4 Å². The molecule has 0 radical (unpaired) electrons. The Labute approximate surface area is 124 Å². The summed E-state index contributed by atoms with van der Waals surface area (Å²) in [5.74, 6) is 0.883. The van der Waals surface area contributed by atoms with E-state index < -0.39 is 0 Å². The second kappa shape index (κ2) is 7.27. The van der Waals surface area contributed by atoms with Crippen LogP contribution in [0.3, 0.4) is 0 Å². The lowest BCUT2D eigenvalue weighted by Gasteiger charge is -2.17. The molecule has 0 aliphatic rings. The molecule has 1 aromatic heterocycles. The molecule has 4 heteroatoms. The summed E-state index contributed by atoms with van der Waals surface area (Å²) in [7, 11) is 0. The number of pyridine rings is 1. The fraction of sp³-hybridized carbons (Fsp3) is 0.312. The van der Waals surface area contributed by atoms with E-state index in [4.69, 9.17) is 16.3 Å². The molecule has 0 spiro atoms. The van der Waals surface area contributed by atoms with Crippen molar-refractivity contribution in [3.8, 4) is 5.75 Å². The summed E-state index contributed by atoms with van der Waals surface area (Å²) >= 11 is 6.09. The number of hydrogen-bond acceptors (Lipinski definition) is 3. The van der Waals surface area contributed by atoms with Gasteiger partial charge in [-0.05, 0) is 25.6 Å². The van der Waals surface area contributed by atoms with E-state index >= 15 is 0 Å². The van der Waals surface area contributed by atoms with Crippen molar-refractivity contribution in [2.75, 3.05) is 6.54 Å². The number of benzene rings is 1. The van der Waals surface area contributed by atoms with E-state index in [1.807, 2.05) is 24.3 Å². The maximum absolute atomic E-state index is 6.09. The first kappa shape index (κ1) is 14.8. The maximum Gasteiger partial charge on any atom is 0.124 e. The molecule has 0 amide bonds. The lowest BCUT2D eigenvalue weighted by atomic mass is 10.1. The molecule has 2 rings (SSSR count). The number of aromatic nitrogens is 1. The Morgan fingerprint density at radius 2 is 2.10 bits per heavy atom. The van der Waals surface area contributed by atoms with E-state index in [0.29, 0.717) is 11.6 Å². The number of nitrogens with one attached hydrogen (secondary N) is 1. The first-order valence-electron chi connectivity index (χ1n) is 6.76. The van der Waals surface area contributed by atoms with Crippen LogP contribution in [0.15, 0.2) is 42.7 Å². The van der Waals surface area contributed by atoms with E-state index in [0.717, 1.165) is 23.4 Å². The van der Waals surface area contributed by atoms with Gasteiger partial charge in [-0.3, -0.25) is 4.98 Å². The third-order valence-electron chi connectivity index (χ3n) is 3.14. The van der Waals surface area contributed by atoms with Gasteiger partial charge in [0.15, 0.2) is 0 Å². The molecule has 0 aliphatic heterocycles. The Balaban J connectivity index is 2.12. The predicted octanol–water partition coefficient (Wildman–Crippen LogP) is 3.98. The minimum Gasteiger partial charge on any atom is -0.489 e. The average Bonchev–Trinajstić information content (AvgIpc) is 2.47. The first-order chi connectivity index (χ1) is 9.72. The Kier molecular flexibility index (Phi) is 5.39. The Bertz CT molecular complexity index is 560. The van der Waals surface area contributed by atoms with Crippen molar-refractivity contribution in [2.45, 2.75) is 26.5 Å². The van der Waals surface area contributed by atoms with Gasteiger partial charge in [0.05, 0.1) is 5.02 Å². The van der Waals surface area contributed by atoms with Crippen LogP contribution >= 0.6 is 11.6 Å². The molecule has 1 heterocycles. The summed E-state index contributed by atoms with van der Waals surface area (Å²) in [5.41, 5.74) is 2.09. The third kappa shape index (κ3) is 3.71. The van der Waals surface area contributed by atoms with Gasteiger partial charge in [0, 0.05) is 29.6 Å². The van der Waals surface area contributed by atoms with Crippen molar-refractivity contribution in [3.05, 3.63) is 58.9 Å². The zero-order chi connectivity index (χ0) is 14.4. The smallest absolute Gasteiger partial charge is 0.124 e. The Morgan fingerprint density at radius 1 is 1.30 bits per heavy atom. The van der Waals surface area contributed by atoms with Crippen LogP contribution in [-0.2, 0) is 6.61 Å². The molecule has 2 aromatic rings. The fourth-order valence-corrected chi connectivity index (χ4v) is 2.24. The van der Waals surface area contributed by atoms with Gasteiger partial charge in [-0.2, -0.15) is 0 Å². The molecule has 0 saturated carbocycles.